The van der Waals surface area contributed by atoms with Crippen molar-refractivity contribution >= 4 is 0 Å². The molecule has 0 fully saturated rings. The Morgan fingerprint density at radius 2 is 1.89 bits per heavy atom. The molecule has 2 nitrogen and oxygen atoms in total. The molecule has 0 saturated heterocycles. The summed E-state index contributed by atoms with van der Waals surface area (Å²) in [7, 11) is 1.62. The topological polar surface area (TPSA) is 35.2 Å². The van der Waals surface area contributed by atoms with Crippen LogP contribution >= 0.6 is 0 Å². The van der Waals surface area contributed by atoms with Crippen molar-refractivity contribution in [3.63, 3.8) is 0 Å². The van der Waals surface area contributed by atoms with E-state index in [1.54, 1.807) is 13.2 Å². The average Bonchev–Trinajstić information content (AvgIpc) is 2.38. The summed E-state index contributed by atoms with van der Waals surface area (Å²) in [6, 6.07) is 14.2. The first-order valence-corrected chi connectivity index (χ1v) is 6.19. The van der Waals surface area contributed by atoms with Crippen molar-refractivity contribution in [1.29, 1.82) is 0 Å². The Kier molecular flexibility index (Phi) is 3.86. The summed E-state index contributed by atoms with van der Waals surface area (Å²) < 4.78 is 18.4. The molecule has 0 spiro atoms. The van der Waals surface area contributed by atoms with E-state index in [0.717, 1.165) is 16.9 Å². The third kappa shape index (κ3) is 3.32. The van der Waals surface area contributed by atoms with Crippen LogP contribution in [0.1, 0.15) is 18.1 Å². The molecule has 0 aliphatic carbocycles. The van der Waals surface area contributed by atoms with Gasteiger partial charge in [-0.1, -0.05) is 24.3 Å². The summed E-state index contributed by atoms with van der Waals surface area (Å²) in [6.45, 7) is 1.94. The van der Waals surface area contributed by atoms with Gasteiger partial charge in [-0.25, -0.2) is 4.39 Å². The summed E-state index contributed by atoms with van der Waals surface area (Å²) in [6.07, 6.45) is 0.567. The van der Waals surface area contributed by atoms with Crippen LogP contribution in [0.5, 0.6) is 5.75 Å². The lowest BCUT2D eigenvalue weighted by atomic mass is 9.86. The van der Waals surface area contributed by atoms with E-state index >= 15 is 0 Å². The van der Waals surface area contributed by atoms with E-state index < -0.39 is 5.54 Å². The number of benzene rings is 2. The highest BCUT2D eigenvalue weighted by atomic mass is 19.1. The van der Waals surface area contributed by atoms with Gasteiger partial charge in [0.1, 0.15) is 11.6 Å². The standard InChI is InChI=1S/C16H18FNO/c1-16(18,11-12-5-3-7-14(17)9-12)13-6-4-8-15(10-13)19-2/h3-10H,11,18H2,1-2H3. The number of rotatable bonds is 4. The molecule has 2 N–H and O–H groups in total. The minimum atomic E-state index is -0.567. The Balaban J connectivity index is 2.26. The highest BCUT2D eigenvalue weighted by Gasteiger charge is 2.22. The second-order valence-electron chi connectivity index (χ2n) is 4.96. The van der Waals surface area contributed by atoms with Crippen LogP contribution in [0.2, 0.25) is 0 Å². The van der Waals surface area contributed by atoms with Crippen molar-refractivity contribution in [2.75, 3.05) is 7.11 Å². The Labute approximate surface area is 113 Å². The summed E-state index contributed by atoms with van der Waals surface area (Å²) in [5.74, 6) is 0.535. The van der Waals surface area contributed by atoms with Crippen molar-refractivity contribution in [3.8, 4) is 5.75 Å². The molecule has 2 rings (SSSR count). The van der Waals surface area contributed by atoms with Crippen LogP contribution in [0.15, 0.2) is 48.5 Å². The zero-order valence-electron chi connectivity index (χ0n) is 11.2. The molecule has 0 bridgehead atoms. The molecule has 19 heavy (non-hydrogen) atoms. The van der Waals surface area contributed by atoms with E-state index in [2.05, 4.69) is 0 Å². The van der Waals surface area contributed by atoms with E-state index in [1.165, 1.54) is 12.1 Å². The molecule has 3 heteroatoms. The van der Waals surface area contributed by atoms with Gasteiger partial charge in [0.05, 0.1) is 7.11 Å². The van der Waals surface area contributed by atoms with Gasteiger partial charge in [0.15, 0.2) is 0 Å². The molecule has 0 amide bonds. The van der Waals surface area contributed by atoms with E-state index in [0.29, 0.717) is 6.42 Å². The maximum atomic E-state index is 13.2. The summed E-state index contributed by atoms with van der Waals surface area (Å²) >= 11 is 0. The number of methoxy groups -OCH3 is 1. The van der Waals surface area contributed by atoms with Crippen LogP contribution in [0.25, 0.3) is 0 Å². The molecule has 0 aliphatic rings. The fraction of sp³-hybridized carbons (Fsp3) is 0.250. The van der Waals surface area contributed by atoms with Gasteiger partial charge in [-0.05, 0) is 48.7 Å². The molecule has 1 atom stereocenters. The Bertz CT molecular complexity index is 566. The van der Waals surface area contributed by atoms with Gasteiger partial charge in [-0.15, -0.1) is 0 Å². The van der Waals surface area contributed by atoms with Gasteiger partial charge in [-0.2, -0.15) is 0 Å². The quantitative estimate of drug-likeness (QED) is 0.914. The second-order valence-corrected chi connectivity index (χ2v) is 4.96. The largest absolute Gasteiger partial charge is 0.497 e. The first-order chi connectivity index (χ1) is 9.01. The maximum absolute atomic E-state index is 13.2. The fourth-order valence-corrected chi connectivity index (χ4v) is 2.15. The van der Waals surface area contributed by atoms with Gasteiger partial charge in [0.25, 0.3) is 0 Å². The molecule has 0 saturated carbocycles. The summed E-state index contributed by atoms with van der Waals surface area (Å²) in [5.41, 5.74) is 7.65. The molecular weight excluding hydrogens is 241 g/mol. The molecular formula is C16H18FNO. The average molecular weight is 259 g/mol. The first-order valence-electron chi connectivity index (χ1n) is 6.19. The SMILES string of the molecule is COc1cccc(C(C)(N)Cc2cccc(F)c2)c1. The van der Waals surface area contributed by atoms with Crippen molar-refractivity contribution in [2.24, 2.45) is 5.73 Å². The zero-order valence-corrected chi connectivity index (χ0v) is 11.2. The molecule has 2 aromatic carbocycles. The Hall–Kier alpha value is -1.87. The van der Waals surface area contributed by atoms with Gasteiger partial charge < -0.3 is 10.5 Å². The molecule has 0 radical (unpaired) electrons. The third-order valence-corrected chi connectivity index (χ3v) is 3.19. The Morgan fingerprint density at radius 1 is 1.16 bits per heavy atom. The summed E-state index contributed by atoms with van der Waals surface area (Å²) in [5, 5.41) is 0. The van der Waals surface area contributed by atoms with Crippen LogP contribution in [0, 0.1) is 5.82 Å². The first kappa shape index (κ1) is 13.6. The van der Waals surface area contributed by atoms with Crippen LogP contribution in [0.4, 0.5) is 4.39 Å². The van der Waals surface area contributed by atoms with E-state index in [9.17, 15) is 4.39 Å². The lowest BCUT2D eigenvalue weighted by Gasteiger charge is -2.26. The molecule has 100 valence electrons. The second kappa shape index (κ2) is 5.41. The van der Waals surface area contributed by atoms with Crippen LogP contribution in [-0.4, -0.2) is 7.11 Å². The van der Waals surface area contributed by atoms with Crippen molar-refractivity contribution in [1.82, 2.24) is 0 Å². The van der Waals surface area contributed by atoms with E-state index in [4.69, 9.17) is 10.5 Å². The monoisotopic (exact) mass is 259 g/mol. The maximum Gasteiger partial charge on any atom is 0.123 e. The normalized spacial score (nSPS) is 13.9. The predicted octanol–water partition coefficient (Wildman–Crippen LogP) is 3.25. The van der Waals surface area contributed by atoms with Gasteiger partial charge >= 0.3 is 0 Å². The van der Waals surface area contributed by atoms with Gasteiger partial charge in [0.2, 0.25) is 0 Å². The van der Waals surface area contributed by atoms with Crippen LogP contribution in [0.3, 0.4) is 0 Å². The predicted molar refractivity (Wildman–Crippen MR) is 74.6 cm³/mol. The smallest absolute Gasteiger partial charge is 0.123 e. The van der Waals surface area contributed by atoms with Crippen molar-refractivity contribution in [3.05, 3.63) is 65.5 Å². The number of hydrogen-bond acceptors (Lipinski definition) is 2. The lowest BCUT2D eigenvalue weighted by Crippen LogP contribution is -2.35. The molecule has 1 unspecified atom stereocenters. The van der Waals surface area contributed by atoms with E-state index in [1.807, 2.05) is 37.3 Å². The van der Waals surface area contributed by atoms with Gasteiger partial charge in [-0.3, -0.25) is 0 Å². The fourth-order valence-electron chi connectivity index (χ4n) is 2.15. The van der Waals surface area contributed by atoms with Crippen molar-refractivity contribution in [2.45, 2.75) is 18.9 Å². The Morgan fingerprint density at radius 3 is 2.58 bits per heavy atom. The zero-order chi connectivity index (χ0) is 13.9. The van der Waals surface area contributed by atoms with Crippen LogP contribution in [-0.2, 0) is 12.0 Å². The van der Waals surface area contributed by atoms with Crippen LogP contribution < -0.4 is 10.5 Å². The highest BCUT2D eigenvalue weighted by molar-refractivity contribution is 5.34. The highest BCUT2D eigenvalue weighted by Crippen LogP contribution is 2.26. The molecule has 0 heterocycles. The number of hydrogen-bond donors (Lipinski definition) is 1. The molecule has 0 aliphatic heterocycles. The molecule has 0 aromatic heterocycles. The number of halogens is 1. The number of nitrogens with two attached hydrogens (primary N) is 1. The van der Waals surface area contributed by atoms with Crippen molar-refractivity contribution < 1.29 is 9.13 Å². The number of ether oxygens (including phenoxy) is 1. The molecule has 2 aromatic rings. The summed E-state index contributed by atoms with van der Waals surface area (Å²) in [4.78, 5) is 0. The minimum absolute atomic E-state index is 0.237. The van der Waals surface area contributed by atoms with Gasteiger partial charge in [0, 0.05) is 5.54 Å². The lowest BCUT2D eigenvalue weighted by molar-refractivity contribution is 0.410. The third-order valence-electron chi connectivity index (χ3n) is 3.19. The van der Waals surface area contributed by atoms with E-state index in [-0.39, 0.29) is 5.82 Å². The minimum Gasteiger partial charge on any atom is -0.497 e.